The molecule has 3 heterocycles. The predicted molar refractivity (Wildman–Crippen MR) is 88.9 cm³/mol. The van der Waals surface area contributed by atoms with Crippen LogP contribution >= 0.6 is 0 Å². The SMILES string of the molecule is CN1CCCC1C1CCCN1C(=O)c1ccc(-n2cnnn2)cc1. The fourth-order valence-electron chi connectivity index (χ4n) is 4.07. The number of likely N-dealkylation sites (tertiary alicyclic amines) is 2. The minimum atomic E-state index is 0.140. The Labute approximate surface area is 141 Å². The zero-order valence-electron chi connectivity index (χ0n) is 13.9. The predicted octanol–water partition coefficient (Wildman–Crippen LogP) is 1.36. The summed E-state index contributed by atoms with van der Waals surface area (Å²) in [5.74, 6) is 0.140. The van der Waals surface area contributed by atoms with E-state index in [4.69, 9.17) is 0 Å². The normalized spacial score (nSPS) is 24.6. The summed E-state index contributed by atoms with van der Waals surface area (Å²) in [7, 11) is 2.18. The number of rotatable bonds is 3. The smallest absolute Gasteiger partial charge is 0.254 e. The first-order valence-corrected chi connectivity index (χ1v) is 8.58. The molecule has 1 aromatic carbocycles. The molecule has 0 aliphatic carbocycles. The van der Waals surface area contributed by atoms with Gasteiger partial charge in [0.15, 0.2) is 0 Å². The van der Waals surface area contributed by atoms with Crippen LogP contribution in [-0.2, 0) is 0 Å². The van der Waals surface area contributed by atoms with Gasteiger partial charge >= 0.3 is 0 Å². The van der Waals surface area contributed by atoms with Gasteiger partial charge in [-0.25, -0.2) is 4.68 Å². The topological polar surface area (TPSA) is 67.2 Å². The standard InChI is InChI=1S/C17H22N6O/c1-21-10-2-4-15(21)16-5-3-11-22(16)17(24)13-6-8-14(9-7-13)23-12-18-19-20-23/h6-9,12,15-16H,2-5,10-11H2,1H3. The molecule has 7 nitrogen and oxygen atoms in total. The summed E-state index contributed by atoms with van der Waals surface area (Å²) in [6.45, 7) is 2.01. The van der Waals surface area contributed by atoms with E-state index < -0.39 is 0 Å². The monoisotopic (exact) mass is 326 g/mol. The van der Waals surface area contributed by atoms with E-state index >= 15 is 0 Å². The number of hydrogen-bond acceptors (Lipinski definition) is 5. The summed E-state index contributed by atoms with van der Waals surface area (Å²) in [4.78, 5) is 17.5. The number of nitrogens with zero attached hydrogens (tertiary/aromatic N) is 6. The van der Waals surface area contributed by atoms with Crippen LogP contribution in [-0.4, -0.2) is 68.1 Å². The van der Waals surface area contributed by atoms with E-state index in [1.807, 2.05) is 24.3 Å². The number of aromatic nitrogens is 4. The average molecular weight is 326 g/mol. The average Bonchev–Trinajstić information content (AvgIpc) is 3.35. The van der Waals surface area contributed by atoms with Crippen molar-refractivity contribution in [3.05, 3.63) is 36.2 Å². The van der Waals surface area contributed by atoms with Gasteiger partial charge in [-0.1, -0.05) is 0 Å². The van der Waals surface area contributed by atoms with Crippen molar-refractivity contribution in [1.29, 1.82) is 0 Å². The molecule has 2 saturated heterocycles. The fourth-order valence-corrected chi connectivity index (χ4v) is 4.07. The Morgan fingerprint density at radius 2 is 1.83 bits per heavy atom. The highest BCUT2D eigenvalue weighted by atomic mass is 16.2. The Bertz CT molecular complexity index is 698. The molecular formula is C17H22N6O. The fraction of sp³-hybridized carbons (Fsp3) is 0.529. The maximum absolute atomic E-state index is 13.0. The number of hydrogen-bond donors (Lipinski definition) is 0. The molecule has 126 valence electrons. The van der Waals surface area contributed by atoms with Crippen LogP contribution in [0, 0.1) is 0 Å². The summed E-state index contributed by atoms with van der Waals surface area (Å²) in [5.41, 5.74) is 1.59. The van der Waals surface area contributed by atoms with Gasteiger partial charge in [-0.15, -0.1) is 5.10 Å². The lowest BCUT2D eigenvalue weighted by atomic mass is 10.0. The molecular weight excluding hydrogens is 304 g/mol. The Morgan fingerprint density at radius 1 is 1.08 bits per heavy atom. The summed E-state index contributed by atoms with van der Waals surface area (Å²) in [5, 5.41) is 11.1. The van der Waals surface area contributed by atoms with E-state index in [1.54, 1.807) is 11.0 Å². The van der Waals surface area contributed by atoms with Crippen LogP contribution in [0.15, 0.2) is 30.6 Å². The lowest BCUT2D eigenvalue weighted by molar-refractivity contribution is 0.0664. The van der Waals surface area contributed by atoms with Gasteiger partial charge in [0.25, 0.3) is 5.91 Å². The molecule has 0 spiro atoms. The first-order chi connectivity index (χ1) is 11.7. The molecule has 0 N–H and O–H groups in total. The van der Waals surface area contributed by atoms with Crippen LogP contribution < -0.4 is 0 Å². The van der Waals surface area contributed by atoms with Crippen molar-refractivity contribution in [3.8, 4) is 5.69 Å². The van der Waals surface area contributed by atoms with Crippen LogP contribution in [0.3, 0.4) is 0 Å². The molecule has 0 bridgehead atoms. The first kappa shape index (κ1) is 15.3. The van der Waals surface area contributed by atoms with Gasteiger partial charge < -0.3 is 9.80 Å². The van der Waals surface area contributed by atoms with Gasteiger partial charge in [0.05, 0.1) is 5.69 Å². The Hall–Kier alpha value is -2.28. The molecule has 1 amide bonds. The molecule has 0 saturated carbocycles. The third kappa shape index (κ3) is 2.69. The molecule has 2 aliphatic heterocycles. The van der Waals surface area contributed by atoms with Crippen LogP contribution in [0.25, 0.3) is 5.69 Å². The Kier molecular flexibility index (Phi) is 4.02. The Balaban J connectivity index is 1.52. The van der Waals surface area contributed by atoms with Crippen LogP contribution in [0.2, 0.25) is 0 Å². The molecule has 7 heteroatoms. The molecule has 24 heavy (non-hydrogen) atoms. The van der Waals surface area contributed by atoms with E-state index in [0.717, 1.165) is 37.2 Å². The molecule has 1 aromatic heterocycles. The van der Waals surface area contributed by atoms with Gasteiger partial charge in [-0.3, -0.25) is 4.79 Å². The highest BCUT2D eigenvalue weighted by molar-refractivity contribution is 5.94. The van der Waals surface area contributed by atoms with Crippen LogP contribution in [0.1, 0.15) is 36.0 Å². The van der Waals surface area contributed by atoms with E-state index in [9.17, 15) is 4.79 Å². The van der Waals surface area contributed by atoms with E-state index in [0.29, 0.717) is 12.1 Å². The number of amides is 1. The van der Waals surface area contributed by atoms with Gasteiger partial charge in [-0.2, -0.15) is 0 Å². The molecule has 4 rings (SSSR count). The zero-order valence-corrected chi connectivity index (χ0v) is 13.9. The van der Waals surface area contributed by atoms with Gasteiger partial charge in [0, 0.05) is 24.2 Å². The van der Waals surface area contributed by atoms with Crippen molar-refractivity contribution in [1.82, 2.24) is 30.0 Å². The summed E-state index contributed by atoms with van der Waals surface area (Å²) < 4.78 is 1.58. The minimum Gasteiger partial charge on any atom is -0.334 e. The second kappa shape index (κ2) is 6.32. The molecule has 2 aromatic rings. The largest absolute Gasteiger partial charge is 0.334 e. The van der Waals surface area contributed by atoms with Crippen molar-refractivity contribution in [3.63, 3.8) is 0 Å². The third-order valence-electron chi connectivity index (χ3n) is 5.31. The van der Waals surface area contributed by atoms with Gasteiger partial charge in [0.1, 0.15) is 6.33 Å². The summed E-state index contributed by atoms with van der Waals surface area (Å²) in [6.07, 6.45) is 6.19. The first-order valence-electron chi connectivity index (χ1n) is 8.58. The molecule has 0 radical (unpaired) electrons. The third-order valence-corrected chi connectivity index (χ3v) is 5.31. The van der Waals surface area contributed by atoms with Crippen molar-refractivity contribution in [2.24, 2.45) is 0 Å². The highest BCUT2D eigenvalue weighted by Crippen LogP contribution is 2.30. The number of carbonyl (C=O) groups is 1. The molecule has 2 fully saturated rings. The maximum Gasteiger partial charge on any atom is 0.254 e. The Morgan fingerprint density at radius 3 is 2.50 bits per heavy atom. The quantitative estimate of drug-likeness (QED) is 0.852. The highest BCUT2D eigenvalue weighted by Gasteiger charge is 2.38. The van der Waals surface area contributed by atoms with Crippen molar-refractivity contribution in [2.75, 3.05) is 20.1 Å². The van der Waals surface area contributed by atoms with Crippen molar-refractivity contribution >= 4 is 5.91 Å². The maximum atomic E-state index is 13.0. The molecule has 2 aliphatic rings. The molecule has 2 atom stereocenters. The minimum absolute atomic E-state index is 0.140. The summed E-state index contributed by atoms with van der Waals surface area (Å²) >= 11 is 0. The van der Waals surface area contributed by atoms with Crippen molar-refractivity contribution in [2.45, 2.75) is 37.8 Å². The molecule has 2 unspecified atom stereocenters. The van der Waals surface area contributed by atoms with E-state index in [1.165, 1.54) is 12.8 Å². The number of carbonyl (C=O) groups excluding carboxylic acids is 1. The lowest BCUT2D eigenvalue weighted by Crippen LogP contribution is -2.47. The van der Waals surface area contributed by atoms with Gasteiger partial charge in [-0.05, 0) is 74.0 Å². The van der Waals surface area contributed by atoms with E-state index in [-0.39, 0.29) is 5.91 Å². The summed E-state index contributed by atoms with van der Waals surface area (Å²) in [6, 6.07) is 8.37. The zero-order chi connectivity index (χ0) is 16.5. The van der Waals surface area contributed by atoms with Crippen LogP contribution in [0.4, 0.5) is 0 Å². The lowest BCUT2D eigenvalue weighted by Gasteiger charge is -2.33. The van der Waals surface area contributed by atoms with Crippen molar-refractivity contribution < 1.29 is 4.79 Å². The van der Waals surface area contributed by atoms with E-state index in [2.05, 4.69) is 32.4 Å². The number of benzene rings is 1. The second-order valence-electron chi connectivity index (χ2n) is 6.70. The number of tetrazole rings is 1. The van der Waals surface area contributed by atoms with Gasteiger partial charge in [0.2, 0.25) is 0 Å². The number of likely N-dealkylation sites (N-methyl/N-ethyl adjacent to an activating group) is 1. The van der Waals surface area contributed by atoms with Crippen LogP contribution in [0.5, 0.6) is 0 Å². The second-order valence-corrected chi connectivity index (χ2v) is 6.70.